The molecule has 5 aromatic rings. The minimum Gasteiger partial charge on any atom is -0.508 e. The summed E-state index contributed by atoms with van der Waals surface area (Å²) in [5, 5.41) is 15.7. The van der Waals surface area contributed by atoms with Crippen LogP contribution in [-0.2, 0) is 19.5 Å². The monoisotopic (exact) mass is 448 g/mol. The van der Waals surface area contributed by atoms with Crippen LogP contribution in [0.2, 0.25) is 0 Å². The summed E-state index contributed by atoms with van der Waals surface area (Å²) in [6.45, 7) is 2.59. The number of fused-ring (bicyclic) bond motifs is 5. The van der Waals surface area contributed by atoms with Crippen LogP contribution in [0.5, 0.6) is 5.75 Å². The van der Waals surface area contributed by atoms with Crippen molar-refractivity contribution in [2.24, 2.45) is 0 Å². The number of aromatic hydroxyl groups is 1. The SMILES string of the molecule is O=C1N[C@H](c2c(CN3CCc4[nH]c5ccccc5c4C3)[nH]c3ccccc23)c2cc(O)ccc21. The second-order valence-electron chi connectivity index (χ2n) is 9.33. The molecule has 0 saturated heterocycles. The van der Waals surface area contributed by atoms with Gasteiger partial charge in [-0.25, -0.2) is 0 Å². The Bertz CT molecular complexity index is 1600. The molecule has 3 aromatic carbocycles. The van der Waals surface area contributed by atoms with Gasteiger partial charge in [-0.3, -0.25) is 9.69 Å². The third-order valence-corrected chi connectivity index (χ3v) is 7.33. The van der Waals surface area contributed by atoms with E-state index in [9.17, 15) is 9.90 Å². The van der Waals surface area contributed by atoms with Crippen LogP contribution in [0.3, 0.4) is 0 Å². The molecule has 0 aliphatic carbocycles. The van der Waals surface area contributed by atoms with Crippen molar-refractivity contribution in [1.82, 2.24) is 20.2 Å². The maximum atomic E-state index is 12.7. The summed E-state index contributed by atoms with van der Waals surface area (Å²) >= 11 is 0. The molecular formula is C28H24N4O2. The summed E-state index contributed by atoms with van der Waals surface area (Å²) in [7, 11) is 0. The minimum atomic E-state index is -0.297. The van der Waals surface area contributed by atoms with E-state index in [2.05, 4.69) is 56.6 Å². The minimum absolute atomic E-state index is 0.0994. The van der Waals surface area contributed by atoms with Gasteiger partial charge in [-0.2, -0.15) is 0 Å². The van der Waals surface area contributed by atoms with Crippen molar-refractivity contribution in [3.05, 3.63) is 100 Å². The van der Waals surface area contributed by atoms with Crippen LogP contribution in [0, 0.1) is 0 Å². The fourth-order valence-corrected chi connectivity index (χ4v) is 5.76. The summed E-state index contributed by atoms with van der Waals surface area (Å²) < 4.78 is 0. The van der Waals surface area contributed by atoms with Crippen LogP contribution in [0.15, 0.2) is 66.7 Å². The Morgan fingerprint density at radius 2 is 1.71 bits per heavy atom. The lowest BCUT2D eigenvalue weighted by Gasteiger charge is -2.27. The molecule has 168 valence electrons. The Kier molecular flexibility index (Phi) is 4.14. The summed E-state index contributed by atoms with van der Waals surface area (Å²) in [5.74, 6) is 0.0715. The first kappa shape index (κ1) is 19.4. The van der Waals surface area contributed by atoms with E-state index in [1.807, 2.05) is 12.1 Å². The van der Waals surface area contributed by atoms with Crippen molar-refractivity contribution in [2.75, 3.05) is 6.54 Å². The Balaban J connectivity index is 1.30. The van der Waals surface area contributed by atoms with Gasteiger partial charge >= 0.3 is 0 Å². The quantitative estimate of drug-likeness (QED) is 0.322. The number of para-hydroxylation sites is 2. The van der Waals surface area contributed by atoms with E-state index < -0.39 is 0 Å². The maximum Gasteiger partial charge on any atom is 0.252 e. The molecule has 6 nitrogen and oxygen atoms in total. The fourth-order valence-electron chi connectivity index (χ4n) is 5.76. The smallest absolute Gasteiger partial charge is 0.252 e. The molecule has 4 heterocycles. The number of nitrogens with one attached hydrogen (secondary N) is 3. The van der Waals surface area contributed by atoms with E-state index >= 15 is 0 Å². The molecule has 34 heavy (non-hydrogen) atoms. The average Bonchev–Trinajstić information content (AvgIpc) is 3.49. The van der Waals surface area contributed by atoms with Gasteiger partial charge in [-0.1, -0.05) is 36.4 Å². The summed E-state index contributed by atoms with van der Waals surface area (Å²) in [6.07, 6.45) is 0.983. The van der Waals surface area contributed by atoms with Crippen LogP contribution >= 0.6 is 0 Å². The number of phenols is 1. The van der Waals surface area contributed by atoms with Crippen LogP contribution in [0.1, 0.15) is 44.5 Å². The normalized spacial score (nSPS) is 17.8. The summed E-state index contributed by atoms with van der Waals surface area (Å²) in [6, 6.07) is 21.4. The highest BCUT2D eigenvalue weighted by Crippen LogP contribution is 2.39. The number of aromatic amines is 2. The van der Waals surface area contributed by atoms with E-state index in [1.54, 1.807) is 18.2 Å². The van der Waals surface area contributed by atoms with Gasteiger partial charge in [0, 0.05) is 70.4 Å². The first-order valence-electron chi connectivity index (χ1n) is 11.7. The number of carbonyl (C=O) groups is 1. The predicted octanol–water partition coefficient (Wildman–Crippen LogP) is 4.75. The van der Waals surface area contributed by atoms with E-state index in [-0.39, 0.29) is 17.7 Å². The van der Waals surface area contributed by atoms with Crippen LogP contribution in [-0.4, -0.2) is 32.4 Å². The van der Waals surface area contributed by atoms with Crippen molar-refractivity contribution in [2.45, 2.75) is 25.6 Å². The largest absolute Gasteiger partial charge is 0.508 e. The predicted molar refractivity (Wildman–Crippen MR) is 132 cm³/mol. The Morgan fingerprint density at radius 3 is 2.56 bits per heavy atom. The Morgan fingerprint density at radius 1 is 0.941 bits per heavy atom. The molecule has 0 bridgehead atoms. The molecule has 7 rings (SSSR count). The molecule has 0 saturated carbocycles. The van der Waals surface area contributed by atoms with E-state index in [4.69, 9.17) is 0 Å². The van der Waals surface area contributed by atoms with Gasteiger partial charge in [0.2, 0.25) is 0 Å². The number of phenolic OH excluding ortho intramolecular Hbond substituents is 1. The number of rotatable bonds is 3. The molecule has 0 radical (unpaired) electrons. The molecule has 1 atom stereocenters. The number of aromatic nitrogens is 2. The second-order valence-corrected chi connectivity index (χ2v) is 9.33. The summed E-state index contributed by atoms with van der Waals surface area (Å²) in [4.78, 5) is 22.4. The molecule has 2 aliphatic heterocycles. The van der Waals surface area contributed by atoms with Crippen molar-refractivity contribution in [3.63, 3.8) is 0 Å². The van der Waals surface area contributed by atoms with Gasteiger partial charge in [0.05, 0.1) is 6.04 Å². The van der Waals surface area contributed by atoms with Crippen LogP contribution in [0.4, 0.5) is 0 Å². The number of hydrogen-bond acceptors (Lipinski definition) is 3. The lowest BCUT2D eigenvalue weighted by Crippen LogP contribution is -2.31. The van der Waals surface area contributed by atoms with Gasteiger partial charge in [-0.05, 0) is 41.5 Å². The zero-order valence-corrected chi connectivity index (χ0v) is 18.6. The molecule has 0 fully saturated rings. The lowest BCUT2D eigenvalue weighted by atomic mass is 9.95. The zero-order chi connectivity index (χ0) is 22.8. The molecule has 6 heteroatoms. The molecule has 2 aromatic heterocycles. The third kappa shape index (κ3) is 2.89. The highest BCUT2D eigenvalue weighted by Gasteiger charge is 2.34. The fraction of sp³-hybridized carbons (Fsp3) is 0.179. The number of nitrogens with zero attached hydrogens (tertiary/aromatic N) is 1. The molecular weight excluding hydrogens is 424 g/mol. The van der Waals surface area contributed by atoms with Crippen LogP contribution in [0.25, 0.3) is 21.8 Å². The summed E-state index contributed by atoms with van der Waals surface area (Å²) in [5.41, 5.74) is 8.61. The first-order chi connectivity index (χ1) is 16.7. The number of carbonyl (C=O) groups excluding carboxylic acids is 1. The standard InChI is InChI=1S/C28H24N4O2/c33-16-9-10-18-20(13-16)27(31-28(18)34)26-19-6-2-4-8-23(19)30-25(26)15-32-12-11-24-21(14-32)17-5-1-3-7-22(17)29-24/h1-10,13,27,29-30,33H,11-12,14-15H2,(H,31,34)/t27-/m0/s1. The molecule has 0 unspecified atom stereocenters. The molecule has 2 aliphatic rings. The lowest BCUT2D eigenvalue weighted by molar-refractivity contribution is 0.0960. The first-order valence-corrected chi connectivity index (χ1v) is 11.7. The van der Waals surface area contributed by atoms with Gasteiger partial charge < -0.3 is 20.4 Å². The average molecular weight is 449 g/mol. The third-order valence-electron chi connectivity index (χ3n) is 7.33. The van der Waals surface area contributed by atoms with E-state index in [0.717, 1.165) is 53.8 Å². The molecule has 0 spiro atoms. The highest BCUT2D eigenvalue weighted by atomic mass is 16.3. The van der Waals surface area contributed by atoms with Gasteiger partial charge in [-0.15, -0.1) is 0 Å². The van der Waals surface area contributed by atoms with Gasteiger partial charge in [0.25, 0.3) is 5.91 Å². The Labute approximate surface area is 196 Å². The van der Waals surface area contributed by atoms with Crippen molar-refractivity contribution in [3.8, 4) is 5.75 Å². The van der Waals surface area contributed by atoms with Crippen molar-refractivity contribution < 1.29 is 9.90 Å². The maximum absolute atomic E-state index is 12.7. The molecule has 1 amide bonds. The Hall–Kier alpha value is -4.03. The van der Waals surface area contributed by atoms with Crippen molar-refractivity contribution in [1.29, 1.82) is 0 Å². The van der Waals surface area contributed by atoms with E-state index in [1.165, 1.54) is 22.2 Å². The van der Waals surface area contributed by atoms with Gasteiger partial charge in [0.15, 0.2) is 0 Å². The van der Waals surface area contributed by atoms with Crippen molar-refractivity contribution >= 4 is 27.7 Å². The highest BCUT2D eigenvalue weighted by molar-refractivity contribution is 6.01. The number of hydrogen-bond donors (Lipinski definition) is 4. The zero-order valence-electron chi connectivity index (χ0n) is 18.6. The van der Waals surface area contributed by atoms with Gasteiger partial charge in [0.1, 0.15) is 5.75 Å². The molecule has 4 N–H and O–H groups in total. The number of benzene rings is 3. The number of amides is 1. The van der Waals surface area contributed by atoms with E-state index in [0.29, 0.717) is 5.56 Å². The second kappa shape index (κ2) is 7.23. The number of H-pyrrole nitrogens is 2. The topological polar surface area (TPSA) is 84.2 Å². The van der Waals surface area contributed by atoms with Crippen LogP contribution < -0.4 is 5.32 Å².